The topological polar surface area (TPSA) is 55.4 Å². The second-order valence-electron chi connectivity index (χ2n) is 5.54. The number of rotatable bonds is 7. The van der Waals surface area contributed by atoms with Crippen LogP contribution in [-0.4, -0.2) is 33.8 Å². The molecule has 6 heteroatoms. The molecule has 0 bridgehead atoms. The van der Waals surface area contributed by atoms with Crippen LogP contribution in [0.15, 0.2) is 24.3 Å². The molecule has 118 valence electrons. The minimum atomic E-state index is -0.956. The molecule has 0 spiro atoms. The third kappa shape index (κ3) is 6.96. The normalized spacial score (nSPS) is 12.8. The molecule has 1 N–H and O–H groups in total. The maximum Gasteiger partial charge on any atom is 0.223 e. The summed E-state index contributed by atoms with van der Waals surface area (Å²) >= 11 is 5.94. The van der Waals surface area contributed by atoms with Gasteiger partial charge in [-0.1, -0.05) is 23.7 Å². The molecule has 0 aliphatic heterocycles. The summed E-state index contributed by atoms with van der Waals surface area (Å²) in [7, 11) is -0.956. The van der Waals surface area contributed by atoms with Crippen LogP contribution in [0.3, 0.4) is 0 Å². The van der Waals surface area contributed by atoms with Gasteiger partial charge in [-0.05, 0) is 32.9 Å². The molecular weight excluding hydrogens is 310 g/mol. The predicted octanol–water partition coefficient (Wildman–Crippen LogP) is 2.77. The van der Waals surface area contributed by atoms with Crippen molar-refractivity contribution in [2.45, 2.75) is 31.9 Å². The fourth-order valence-corrected chi connectivity index (χ4v) is 2.58. The minimum Gasteiger partial charge on any atom is -0.491 e. The van der Waals surface area contributed by atoms with Crippen molar-refractivity contribution in [1.29, 1.82) is 0 Å². The Hall–Kier alpha value is -1.07. The van der Waals surface area contributed by atoms with Gasteiger partial charge in [0.25, 0.3) is 0 Å². The number of hydrogen-bond donors (Lipinski definition) is 1. The zero-order valence-electron chi connectivity index (χ0n) is 12.6. The molecular formula is C15H22ClNO3S. The van der Waals surface area contributed by atoms with E-state index in [1.807, 2.05) is 32.9 Å². The van der Waals surface area contributed by atoms with E-state index in [0.29, 0.717) is 23.1 Å². The first-order valence-electron chi connectivity index (χ1n) is 6.83. The standard InChI is InChI=1S/C15H22ClNO3S/c1-15(2,3)21(19)11-9-17-14(18)8-10-20-13-7-5-4-6-12(13)16/h4-7H,8-11H2,1-3H3,(H,17,18)/t21-/m1/s1. The molecule has 1 atom stereocenters. The Morgan fingerprint density at radius 1 is 1.33 bits per heavy atom. The fourth-order valence-electron chi connectivity index (χ4n) is 1.49. The molecule has 0 aliphatic rings. The van der Waals surface area contributed by atoms with Crippen molar-refractivity contribution in [3.63, 3.8) is 0 Å². The summed E-state index contributed by atoms with van der Waals surface area (Å²) in [5.74, 6) is 0.911. The molecule has 4 nitrogen and oxygen atoms in total. The maximum absolute atomic E-state index is 11.8. The second-order valence-corrected chi connectivity index (χ2v) is 8.27. The van der Waals surface area contributed by atoms with Crippen LogP contribution in [0.25, 0.3) is 0 Å². The molecule has 0 unspecified atom stereocenters. The SMILES string of the molecule is CC(C)(C)[S@](=O)CCNC(=O)CCOc1ccccc1Cl. The van der Waals surface area contributed by atoms with Gasteiger partial charge in [-0.3, -0.25) is 9.00 Å². The van der Waals surface area contributed by atoms with Gasteiger partial charge in [-0.15, -0.1) is 0 Å². The summed E-state index contributed by atoms with van der Waals surface area (Å²) in [4.78, 5) is 11.6. The first kappa shape index (κ1) is 18.0. The summed E-state index contributed by atoms with van der Waals surface area (Å²) in [5.41, 5.74) is 0. The molecule has 0 saturated carbocycles. The average molecular weight is 332 g/mol. The maximum atomic E-state index is 11.8. The number of ether oxygens (including phenoxy) is 1. The molecule has 1 aromatic rings. The number of para-hydroxylation sites is 1. The van der Waals surface area contributed by atoms with E-state index in [1.54, 1.807) is 12.1 Å². The van der Waals surface area contributed by atoms with Gasteiger partial charge < -0.3 is 10.1 Å². The van der Waals surface area contributed by atoms with E-state index >= 15 is 0 Å². The Balaban J connectivity index is 2.20. The van der Waals surface area contributed by atoms with E-state index in [2.05, 4.69) is 5.32 Å². The lowest BCUT2D eigenvalue weighted by molar-refractivity contribution is -0.121. The number of halogens is 1. The largest absolute Gasteiger partial charge is 0.491 e. The van der Waals surface area contributed by atoms with Gasteiger partial charge in [0.2, 0.25) is 5.91 Å². The molecule has 0 heterocycles. The van der Waals surface area contributed by atoms with Crippen LogP contribution in [0.1, 0.15) is 27.2 Å². The molecule has 0 fully saturated rings. The highest BCUT2D eigenvalue weighted by molar-refractivity contribution is 7.86. The lowest BCUT2D eigenvalue weighted by Crippen LogP contribution is -2.33. The highest BCUT2D eigenvalue weighted by atomic mass is 35.5. The number of hydrogen-bond acceptors (Lipinski definition) is 3. The second kappa shape index (κ2) is 8.39. The van der Waals surface area contributed by atoms with E-state index in [1.165, 1.54) is 0 Å². The van der Waals surface area contributed by atoms with Gasteiger partial charge in [0.1, 0.15) is 5.75 Å². The molecule has 0 aromatic heterocycles. The monoisotopic (exact) mass is 331 g/mol. The molecule has 0 radical (unpaired) electrons. The smallest absolute Gasteiger partial charge is 0.223 e. The summed E-state index contributed by atoms with van der Waals surface area (Å²) in [6.07, 6.45) is 0.243. The van der Waals surface area contributed by atoms with Crippen LogP contribution in [0.4, 0.5) is 0 Å². The summed E-state index contributed by atoms with van der Waals surface area (Å²) in [5, 5.41) is 3.27. The zero-order valence-corrected chi connectivity index (χ0v) is 14.2. The Bertz CT molecular complexity index is 500. The van der Waals surface area contributed by atoms with E-state index in [9.17, 15) is 9.00 Å². The lowest BCUT2D eigenvalue weighted by Gasteiger charge is -2.17. The van der Waals surface area contributed by atoms with Gasteiger partial charge in [0.15, 0.2) is 0 Å². The van der Waals surface area contributed by atoms with E-state index < -0.39 is 10.8 Å². The van der Waals surface area contributed by atoms with Crippen molar-refractivity contribution in [2.24, 2.45) is 0 Å². The molecule has 0 saturated heterocycles. The molecule has 21 heavy (non-hydrogen) atoms. The van der Waals surface area contributed by atoms with Crippen molar-refractivity contribution in [3.05, 3.63) is 29.3 Å². The molecule has 1 rings (SSSR count). The summed E-state index contributed by atoms with van der Waals surface area (Å²) < 4.78 is 17.0. The van der Waals surface area contributed by atoms with Crippen LogP contribution >= 0.6 is 11.6 Å². The number of carbonyl (C=O) groups is 1. The molecule has 0 aliphatic carbocycles. The predicted molar refractivity (Wildman–Crippen MR) is 87.3 cm³/mol. The van der Waals surface area contributed by atoms with Crippen LogP contribution in [0, 0.1) is 0 Å². The van der Waals surface area contributed by atoms with E-state index in [-0.39, 0.29) is 23.7 Å². The highest BCUT2D eigenvalue weighted by Crippen LogP contribution is 2.22. The lowest BCUT2D eigenvalue weighted by atomic mass is 10.3. The van der Waals surface area contributed by atoms with Crippen molar-refractivity contribution >= 4 is 28.3 Å². The average Bonchev–Trinajstić information content (AvgIpc) is 2.39. The Labute approximate surface area is 133 Å². The van der Waals surface area contributed by atoms with Gasteiger partial charge in [-0.2, -0.15) is 0 Å². The highest BCUT2D eigenvalue weighted by Gasteiger charge is 2.18. The summed E-state index contributed by atoms with van der Waals surface area (Å²) in [6, 6.07) is 7.13. The Morgan fingerprint density at radius 3 is 2.62 bits per heavy atom. The number of amides is 1. The van der Waals surface area contributed by atoms with E-state index in [4.69, 9.17) is 16.3 Å². The van der Waals surface area contributed by atoms with E-state index in [0.717, 1.165) is 0 Å². The van der Waals surface area contributed by atoms with Crippen molar-refractivity contribution in [2.75, 3.05) is 18.9 Å². The zero-order chi connectivity index (χ0) is 15.9. The quantitative estimate of drug-likeness (QED) is 0.836. The van der Waals surface area contributed by atoms with Crippen molar-refractivity contribution in [3.8, 4) is 5.75 Å². The Kier molecular flexibility index (Phi) is 7.18. The molecule has 1 amide bonds. The first-order chi connectivity index (χ1) is 9.80. The van der Waals surface area contributed by atoms with Crippen molar-refractivity contribution in [1.82, 2.24) is 5.32 Å². The number of nitrogens with one attached hydrogen (secondary N) is 1. The fraction of sp³-hybridized carbons (Fsp3) is 0.533. The summed E-state index contributed by atoms with van der Waals surface area (Å²) in [6.45, 7) is 6.43. The number of benzene rings is 1. The van der Waals surface area contributed by atoms with Crippen molar-refractivity contribution < 1.29 is 13.7 Å². The van der Waals surface area contributed by atoms with Crippen LogP contribution < -0.4 is 10.1 Å². The van der Waals surface area contributed by atoms with Crippen LogP contribution in [0.2, 0.25) is 5.02 Å². The van der Waals surface area contributed by atoms with Crippen LogP contribution in [-0.2, 0) is 15.6 Å². The van der Waals surface area contributed by atoms with Gasteiger partial charge in [0, 0.05) is 27.8 Å². The van der Waals surface area contributed by atoms with Gasteiger partial charge >= 0.3 is 0 Å². The third-order valence-corrected chi connectivity index (χ3v) is 4.97. The molecule has 1 aromatic carbocycles. The minimum absolute atomic E-state index is 0.118. The van der Waals surface area contributed by atoms with Gasteiger partial charge in [0.05, 0.1) is 18.1 Å². The first-order valence-corrected chi connectivity index (χ1v) is 8.53. The van der Waals surface area contributed by atoms with Gasteiger partial charge in [-0.25, -0.2) is 0 Å². The number of carbonyl (C=O) groups excluding carboxylic acids is 1. The third-order valence-electron chi connectivity index (χ3n) is 2.72. The Morgan fingerprint density at radius 2 is 2.00 bits per heavy atom. The van der Waals surface area contributed by atoms with Crippen LogP contribution in [0.5, 0.6) is 5.75 Å².